The molecule has 0 bridgehead atoms. The number of nitrogens with two attached hydrogens (primary N) is 1. The molecular formula is C26H34F2N2O5. The molecular weight excluding hydrogens is 458 g/mol. The average molecular weight is 493 g/mol. The molecule has 9 heteroatoms. The second-order valence-electron chi connectivity index (χ2n) is 10.2. The van der Waals surface area contributed by atoms with Gasteiger partial charge in [-0.1, -0.05) is 0 Å². The van der Waals surface area contributed by atoms with Crippen LogP contribution in [0.4, 0.5) is 8.78 Å². The number of likely N-dealkylation sites (tertiary alicyclic amines) is 1. The van der Waals surface area contributed by atoms with Gasteiger partial charge in [0.25, 0.3) is 5.91 Å². The first kappa shape index (κ1) is 25.7. The van der Waals surface area contributed by atoms with Gasteiger partial charge < -0.3 is 20.1 Å². The largest absolute Gasteiger partial charge is 0.449 e. The Morgan fingerprint density at radius 2 is 1.77 bits per heavy atom. The summed E-state index contributed by atoms with van der Waals surface area (Å²) in [5.41, 5.74) is 4.40. The number of primary amides is 1. The first-order valence-electron chi connectivity index (χ1n) is 12.6. The molecule has 7 nitrogen and oxygen atoms in total. The van der Waals surface area contributed by atoms with Crippen molar-refractivity contribution < 1.29 is 32.6 Å². The Balaban J connectivity index is 1.21. The quantitative estimate of drug-likeness (QED) is 0.442. The lowest BCUT2D eigenvalue weighted by Crippen LogP contribution is -2.51. The fourth-order valence-corrected chi connectivity index (χ4v) is 5.52. The van der Waals surface area contributed by atoms with Gasteiger partial charge in [0, 0.05) is 18.6 Å². The highest BCUT2D eigenvalue weighted by atomic mass is 19.1. The molecule has 3 aliphatic rings. The number of Topliss-reactive ketones (excluding diaryl/α,β-unsaturated/α-hetero) is 1. The van der Waals surface area contributed by atoms with Gasteiger partial charge in [-0.25, -0.2) is 8.78 Å². The molecule has 3 fully saturated rings. The third-order valence-corrected chi connectivity index (χ3v) is 7.93. The van der Waals surface area contributed by atoms with Gasteiger partial charge >= 0.3 is 5.97 Å². The smallest absolute Gasteiger partial charge is 0.312 e. The van der Waals surface area contributed by atoms with Crippen LogP contribution in [0.2, 0.25) is 0 Å². The van der Waals surface area contributed by atoms with E-state index in [2.05, 4.69) is 4.90 Å². The van der Waals surface area contributed by atoms with Crippen LogP contribution in [0.3, 0.4) is 0 Å². The van der Waals surface area contributed by atoms with Gasteiger partial charge in [0.1, 0.15) is 11.6 Å². The number of rotatable bonds is 8. The number of ether oxygens (including phenoxy) is 2. The van der Waals surface area contributed by atoms with Crippen LogP contribution in [0.5, 0.6) is 0 Å². The lowest BCUT2D eigenvalue weighted by Gasteiger charge is -2.38. The van der Waals surface area contributed by atoms with Crippen LogP contribution >= 0.6 is 0 Å². The van der Waals surface area contributed by atoms with E-state index in [9.17, 15) is 23.2 Å². The van der Waals surface area contributed by atoms with Crippen LogP contribution in [-0.2, 0) is 19.1 Å². The zero-order chi connectivity index (χ0) is 25.0. The van der Waals surface area contributed by atoms with Gasteiger partial charge in [-0.05, 0) is 89.1 Å². The lowest BCUT2D eigenvalue weighted by molar-refractivity contribution is -0.176. The van der Waals surface area contributed by atoms with E-state index in [-0.39, 0.29) is 23.2 Å². The Morgan fingerprint density at radius 1 is 1.06 bits per heavy atom. The average Bonchev–Trinajstić information content (AvgIpc) is 3.39. The van der Waals surface area contributed by atoms with Crippen LogP contribution in [0.25, 0.3) is 0 Å². The fraction of sp³-hybridized carbons (Fsp3) is 0.654. The number of ketones is 1. The standard InChI is InChI=1S/C26H34F2N2O5/c27-20-1-2-21(22(28)15-20)23(31)18-6-12-30(13-7-18)11-5-17-3-9-26(10-4-17,25(29)33)35-24(32)19-8-14-34-16-19/h1-2,15,17-19H,3-14,16H2,(H2,29,33). The molecule has 2 saturated heterocycles. The van der Waals surface area contributed by atoms with Crippen molar-refractivity contribution in [3.63, 3.8) is 0 Å². The molecule has 4 rings (SSSR count). The molecule has 2 aliphatic heterocycles. The lowest BCUT2D eigenvalue weighted by atomic mass is 9.76. The zero-order valence-electron chi connectivity index (χ0n) is 20.0. The maximum Gasteiger partial charge on any atom is 0.312 e. The van der Waals surface area contributed by atoms with Crippen LogP contribution in [0.15, 0.2) is 18.2 Å². The number of hydrogen-bond acceptors (Lipinski definition) is 6. The highest BCUT2D eigenvalue weighted by Gasteiger charge is 2.45. The van der Waals surface area contributed by atoms with E-state index in [0.29, 0.717) is 51.2 Å². The van der Waals surface area contributed by atoms with Gasteiger partial charge in [-0.2, -0.15) is 0 Å². The maximum absolute atomic E-state index is 14.0. The van der Waals surface area contributed by atoms with Crippen molar-refractivity contribution in [1.82, 2.24) is 4.90 Å². The zero-order valence-corrected chi connectivity index (χ0v) is 20.0. The predicted octanol–water partition coefficient (Wildman–Crippen LogP) is 3.24. The van der Waals surface area contributed by atoms with Crippen LogP contribution in [0.1, 0.15) is 61.7 Å². The van der Waals surface area contributed by atoms with Crippen molar-refractivity contribution >= 4 is 17.7 Å². The molecule has 192 valence electrons. The number of halogens is 2. The van der Waals surface area contributed by atoms with Gasteiger partial charge in [0.15, 0.2) is 11.4 Å². The van der Waals surface area contributed by atoms with Crippen molar-refractivity contribution in [2.45, 2.75) is 57.0 Å². The molecule has 1 atom stereocenters. The summed E-state index contributed by atoms with van der Waals surface area (Å²) in [4.78, 5) is 39.6. The van der Waals surface area contributed by atoms with E-state index in [0.717, 1.165) is 51.0 Å². The summed E-state index contributed by atoms with van der Waals surface area (Å²) in [5, 5.41) is 0. The SMILES string of the molecule is NC(=O)C1(OC(=O)C2CCOC2)CCC(CCN2CCC(C(=O)c3ccc(F)cc3F)CC2)CC1. The van der Waals surface area contributed by atoms with Crippen molar-refractivity contribution in [1.29, 1.82) is 0 Å². The predicted molar refractivity (Wildman–Crippen MR) is 123 cm³/mol. The third kappa shape index (κ3) is 6.06. The van der Waals surface area contributed by atoms with E-state index in [1.54, 1.807) is 0 Å². The van der Waals surface area contributed by atoms with E-state index in [1.165, 1.54) is 6.07 Å². The number of benzene rings is 1. The first-order valence-corrected chi connectivity index (χ1v) is 12.6. The summed E-state index contributed by atoms with van der Waals surface area (Å²) < 4.78 is 38.0. The molecule has 1 aromatic carbocycles. The second-order valence-corrected chi connectivity index (χ2v) is 10.2. The van der Waals surface area contributed by atoms with E-state index in [4.69, 9.17) is 15.2 Å². The molecule has 1 aliphatic carbocycles. The number of amides is 1. The molecule has 1 saturated carbocycles. The maximum atomic E-state index is 14.0. The summed E-state index contributed by atoms with van der Waals surface area (Å²) in [6.45, 7) is 3.23. The van der Waals surface area contributed by atoms with E-state index in [1.807, 2.05) is 0 Å². The van der Waals surface area contributed by atoms with Crippen LogP contribution in [-0.4, -0.2) is 61.0 Å². The summed E-state index contributed by atoms with van der Waals surface area (Å²) in [6, 6.07) is 3.10. The minimum atomic E-state index is -1.22. The van der Waals surface area contributed by atoms with Crippen LogP contribution in [0, 0.1) is 29.4 Å². The summed E-state index contributed by atoms with van der Waals surface area (Å²) in [6.07, 6.45) is 5.24. The molecule has 2 N–H and O–H groups in total. The molecule has 35 heavy (non-hydrogen) atoms. The molecule has 1 aromatic rings. The van der Waals surface area contributed by atoms with E-state index >= 15 is 0 Å². The minimum absolute atomic E-state index is 0.0360. The third-order valence-electron chi connectivity index (χ3n) is 7.93. The fourth-order valence-electron chi connectivity index (χ4n) is 5.52. The topological polar surface area (TPSA) is 98.9 Å². The number of carbonyl (C=O) groups excluding carboxylic acids is 3. The number of carbonyl (C=O) groups is 3. The van der Waals surface area contributed by atoms with Gasteiger partial charge in [0.05, 0.1) is 18.1 Å². The van der Waals surface area contributed by atoms with Gasteiger partial charge in [-0.15, -0.1) is 0 Å². The highest BCUT2D eigenvalue weighted by Crippen LogP contribution is 2.37. The van der Waals surface area contributed by atoms with Gasteiger partial charge in [0.2, 0.25) is 0 Å². The summed E-state index contributed by atoms with van der Waals surface area (Å²) in [7, 11) is 0. The second kappa shape index (κ2) is 11.1. The molecule has 1 amide bonds. The van der Waals surface area contributed by atoms with Crippen LogP contribution < -0.4 is 5.73 Å². The summed E-state index contributed by atoms with van der Waals surface area (Å²) >= 11 is 0. The molecule has 1 unspecified atom stereocenters. The first-order chi connectivity index (χ1) is 16.8. The normalized spacial score (nSPS) is 28.1. The Kier molecular flexibility index (Phi) is 8.16. The van der Waals surface area contributed by atoms with Crippen molar-refractivity contribution in [3.8, 4) is 0 Å². The molecule has 2 heterocycles. The highest BCUT2D eigenvalue weighted by molar-refractivity contribution is 5.98. The summed E-state index contributed by atoms with van der Waals surface area (Å²) in [5.74, 6) is -2.88. The van der Waals surface area contributed by atoms with Crippen molar-refractivity contribution in [2.24, 2.45) is 23.5 Å². The van der Waals surface area contributed by atoms with Crippen molar-refractivity contribution in [2.75, 3.05) is 32.8 Å². The Hall–Kier alpha value is -2.39. The molecule has 0 radical (unpaired) electrons. The molecule has 0 spiro atoms. The Morgan fingerprint density at radius 3 is 2.37 bits per heavy atom. The number of hydrogen-bond donors (Lipinski definition) is 1. The monoisotopic (exact) mass is 492 g/mol. The number of esters is 1. The Labute approximate surface area is 204 Å². The minimum Gasteiger partial charge on any atom is -0.449 e. The number of piperidine rings is 1. The van der Waals surface area contributed by atoms with Crippen molar-refractivity contribution in [3.05, 3.63) is 35.4 Å². The number of nitrogens with zero attached hydrogens (tertiary/aromatic N) is 1. The van der Waals surface area contributed by atoms with E-state index < -0.39 is 29.1 Å². The molecule has 0 aromatic heterocycles. The van der Waals surface area contributed by atoms with Gasteiger partial charge in [-0.3, -0.25) is 14.4 Å². The Bertz CT molecular complexity index is 934.